The summed E-state index contributed by atoms with van der Waals surface area (Å²) in [5.41, 5.74) is 0.805. The van der Waals surface area contributed by atoms with Gasteiger partial charge in [-0.1, -0.05) is 11.6 Å². The van der Waals surface area contributed by atoms with Crippen molar-refractivity contribution in [2.24, 2.45) is 0 Å². The molecule has 84 valence electrons. The Morgan fingerprint density at radius 2 is 2.44 bits per heavy atom. The smallest absolute Gasteiger partial charge is 0.341 e. The van der Waals surface area contributed by atoms with Crippen LogP contribution in [0.5, 0.6) is 0 Å². The zero-order chi connectivity index (χ0) is 11.7. The minimum absolute atomic E-state index is 0.231. The number of fused-ring (bicyclic) bond motifs is 1. The second-order valence-corrected chi connectivity index (χ2v) is 3.63. The van der Waals surface area contributed by atoms with Gasteiger partial charge in [0.1, 0.15) is 5.69 Å². The summed E-state index contributed by atoms with van der Waals surface area (Å²) in [6.07, 6.45) is 1.79. The average Bonchev–Trinajstić information content (AvgIpc) is 2.69. The van der Waals surface area contributed by atoms with E-state index in [4.69, 9.17) is 11.6 Å². The van der Waals surface area contributed by atoms with Crippen molar-refractivity contribution in [1.29, 1.82) is 0 Å². The quantitative estimate of drug-likeness (QED) is 0.801. The van der Waals surface area contributed by atoms with Crippen molar-refractivity contribution in [2.75, 3.05) is 7.11 Å². The van der Waals surface area contributed by atoms with E-state index in [1.165, 1.54) is 13.4 Å². The summed E-state index contributed by atoms with van der Waals surface area (Å²) in [7, 11) is 1.21. The fraction of sp³-hybridized carbons (Fsp3) is 0.200. The lowest BCUT2D eigenvalue weighted by molar-refractivity contribution is -0.150. The van der Waals surface area contributed by atoms with Crippen molar-refractivity contribution in [3.63, 3.8) is 0 Å². The van der Waals surface area contributed by atoms with Gasteiger partial charge in [-0.3, -0.25) is 0 Å². The molecule has 0 radical (unpaired) electrons. The van der Waals surface area contributed by atoms with E-state index in [0.717, 1.165) is 0 Å². The predicted octanol–water partition coefficient (Wildman–Crippen LogP) is 1.19. The number of carbonyl (C=O) groups excluding carboxylic acids is 1. The molecular weight excluding hydrogens is 232 g/mol. The number of hydrogen-bond donors (Lipinski definition) is 1. The molecular formula is C10H9ClN2O3. The second-order valence-electron chi connectivity index (χ2n) is 3.19. The summed E-state index contributed by atoms with van der Waals surface area (Å²) in [6.45, 7) is 0. The van der Waals surface area contributed by atoms with Crippen molar-refractivity contribution >= 4 is 23.1 Å². The molecule has 0 aromatic carbocycles. The minimum Gasteiger partial charge on any atom is -0.467 e. The maximum absolute atomic E-state index is 11.2. The first-order chi connectivity index (χ1) is 7.63. The number of halogens is 1. The van der Waals surface area contributed by atoms with Gasteiger partial charge in [-0.2, -0.15) is 0 Å². The Balaban J connectivity index is 2.52. The number of aromatic nitrogens is 2. The summed E-state index contributed by atoms with van der Waals surface area (Å²) < 4.78 is 6.10. The van der Waals surface area contributed by atoms with Crippen LogP contribution in [0.2, 0.25) is 5.02 Å². The van der Waals surface area contributed by atoms with Crippen LogP contribution in [-0.4, -0.2) is 27.6 Å². The molecule has 0 aliphatic rings. The highest BCUT2D eigenvalue weighted by Crippen LogP contribution is 2.21. The molecule has 2 aromatic heterocycles. The summed E-state index contributed by atoms with van der Waals surface area (Å²) in [6, 6.07) is 3.31. The van der Waals surface area contributed by atoms with Crippen molar-refractivity contribution in [3.8, 4) is 0 Å². The SMILES string of the molecule is COC(=O)C(O)c1ncn2ccc(Cl)cc12. The number of esters is 1. The molecule has 0 saturated carbocycles. The van der Waals surface area contributed by atoms with E-state index in [0.29, 0.717) is 10.5 Å². The molecule has 5 nitrogen and oxygen atoms in total. The van der Waals surface area contributed by atoms with E-state index >= 15 is 0 Å². The van der Waals surface area contributed by atoms with Gasteiger partial charge >= 0.3 is 5.97 Å². The molecule has 0 amide bonds. The van der Waals surface area contributed by atoms with Crippen LogP contribution in [0, 0.1) is 0 Å². The first-order valence-corrected chi connectivity index (χ1v) is 4.89. The van der Waals surface area contributed by atoms with Crippen LogP contribution < -0.4 is 0 Å². The number of carbonyl (C=O) groups is 1. The Hall–Kier alpha value is -1.59. The topological polar surface area (TPSA) is 63.8 Å². The molecule has 0 aliphatic carbocycles. The lowest BCUT2D eigenvalue weighted by atomic mass is 10.2. The molecule has 0 aliphatic heterocycles. The standard InChI is InChI=1S/C10H9ClN2O3/c1-16-10(15)9(14)8-7-4-6(11)2-3-13(7)5-12-8/h2-5,9,14H,1H3. The molecule has 0 spiro atoms. The zero-order valence-electron chi connectivity index (χ0n) is 8.42. The van der Waals surface area contributed by atoms with Crippen LogP contribution >= 0.6 is 11.6 Å². The van der Waals surface area contributed by atoms with Gasteiger partial charge in [0.05, 0.1) is 19.0 Å². The van der Waals surface area contributed by atoms with Gasteiger partial charge in [0.25, 0.3) is 0 Å². The molecule has 0 bridgehead atoms. The number of aliphatic hydroxyl groups is 1. The van der Waals surface area contributed by atoms with Crippen LogP contribution in [-0.2, 0) is 9.53 Å². The molecule has 6 heteroatoms. The van der Waals surface area contributed by atoms with Crippen LogP contribution in [0.3, 0.4) is 0 Å². The number of nitrogens with zero attached hydrogens (tertiary/aromatic N) is 2. The van der Waals surface area contributed by atoms with E-state index in [9.17, 15) is 9.90 Å². The average molecular weight is 241 g/mol. The van der Waals surface area contributed by atoms with Gasteiger partial charge in [0.2, 0.25) is 0 Å². The Kier molecular flexibility index (Phi) is 2.80. The normalized spacial score (nSPS) is 12.7. The summed E-state index contributed by atoms with van der Waals surface area (Å²) in [5, 5.41) is 10.2. The minimum atomic E-state index is -1.39. The summed E-state index contributed by atoms with van der Waals surface area (Å²) in [5.74, 6) is -0.749. The monoisotopic (exact) mass is 240 g/mol. The molecule has 1 atom stereocenters. The van der Waals surface area contributed by atoms with E-state index in [1.54, 1.807) is 22.7 Å². The van der Waals surface area contributed by atoms with Gasteiger partial charge in [-0.25, -0.2) is 9.78 Å². The van der Waals surface area contributed by atoms with E-state index in [-0.39, 0.29) is 5.69 Å². The maximum atomic E-state index is 11.2. The first-order valence-electron chi connectivity index (χ1n) is 4.51. The fourth-order valence-corrected chi connectivity index (χ4v) is 1.58. The largest absolute Gasteiger partial charge is 0.467 e. The van der Waals surface area contributed by atoms with Crippen LogP contribution in [0.15, 0.2) is 24.7 Å². The maximum Gasteiger partial charge on any atom is 0.341 e. The van der Waals surface area contributed by atoms with Gasteiger partial charge < -0.3 is 14.2 Å². The molecule has 2 aromatic rings. The second kappa shape index (κ2) is 4.11. The molecule has 1 unspecified atom stereocenters. The van der Waals surface area contributed by atoms with Crippen LogP contribution in [0.1, 0.15) is 11.8 Å². The Labute approximate surface area is 96.2 Å². The van der Waals surface area contributed by atoms with Gasteiger partial charge in [0.15, 0.2) is 6.10 Å². The summed E-state index contributed by atoms with van der Waals surface area (Å²) in [4.78, 5) is 15.1. The lowest BCUT2D eigenvalue weighted by Crippen LogP contribution is -2.14. The molecule has 0 fully saturated rings. The van der Waals surface area contributed by atoms with Crippen LogP contribution in [0.4, 0.5) is 0 Å². The van der Waals surface area contributed by atoms with E-state index < -0.39 is 12.1 Å². The number of methoxy groups -OCH3 is 1. The Bertz CT molecular complexity index is 538. The van der Waals surface area contributed by atoms with Crippen molar-refractivity contribution < 1.29 is 14.6 Å². The number of aliphatic hydroxyl groups excluding tert-OH is 1. The molecule has 16 heavy (non-hydrogen) atoms. The van der Waals surface area contributed by atoms with Gasteiger partial charge in [-0.05, 0) is 12.1 Å². The number of imidazole rings is 1. The highest BCUT2D eigenvalue weighted by atomic mass is 35.5. The zero-order valence-corrected chi connectivity index (χ0v) is 9.18. The van der Waals surface area contributed by atoms with Crippen molar-refractivity contribution in [2.45, 2.75) is 6.10 Å². The Morgan fingerprint density at radius 3 is 3.12 bits per heavy atom. The number of ether oxygens (including phenoxy) is 1. The van der Waals surface area contributed by atoms with Gasteiger partial charge in [0, 0.05) is 11.2 Å². The fourth-order valence-electron chi connectivity index (χ4n) is 1.42. The highest BCUT2D eigenvalue weighted by molar-refractivity contribution is 6.30. The predicted molar refractivity (Wildman–Crippen MR) is 57.2 cm³/mol. The molecule has 0 saturated heterocycles. The number of pyridine rings is 1. The summed E-state index contributed by atoms with van der Waals surface area (Å²) >= 11 is 5.83. The third-order valence-electron chi connectivity index (χ3n) is 2.21. The van der Waals surface area contributed by atoms with E-state index in [2.05, 4.69) is 9.72 Å². The highest BCUT2D eigenvalue weighted by Gasteiger charge is 2.22. The first kappa shape index (κ1) is 10.9. The lowest BCUT2D eigenvalue weighted by Gasteiger charge is -2.05. The molecule has 2 rings (SSSR count). The Morgan fingerprint density at radius 1 is 1.69 bits per heavy atom. The third kappa shape index (κ3) is 1.75. The van der Waals surface area contributed by atoms with Crippen molar-refractivity contribution in [1.82, 2.24) is 9.38 Å². The third-order valence-corrected chi connectivity index (χ3v) is 2.45. The van der Waals surface area contributed by atoms with Crippen LogP contribution in [0.25, 0.3) is 5.52 Å². The molecule has 1 N–H and O–H groups in total. The van der Waals surface area contributed by atoms with Gasteiger partial charge in [-0.15, -0.1) is 0 Å². The van der Waals surface area contributed by atoms with Crippen molar-refractivity contribution in [3.05, 3.63) is 35.4 Å². The van der Waals surface area contributed by atoms with E-state index in [1.807, 2.05) is 0 Å². The number of rotatable bonds is 2. The number of hydrogen-bond acceptors (Lipinski definition) is 4. The molecule has 2 heterocycles.